The van der Waals surface area contributed by atoms with E-state index in [1.54, 1.807) is 12.1 Å². The summed E-state index contributed by atoms with van der Waals surface area (Å²) in [7, 11) is 3.95. The highest BCUT2D eigenvalue weighted by molar-refractivity contribution is 5.49. The summed E-state index contributed by atoms with van der Waals surface area (Å²) < 4.78 is 0. The zero-order chi connectivity index (χ0) is 14.8. The van der Waals surface area contributed by atoms with Gasteiger partial charge in [0, 0.05) is 12.1 Å². The highest BCUT2D eigenvalue weighted by Crippen LogP contribution is 2.45. The van der Waals surface area contributed by atoms with Gasteiger partial charge in [-0.2, -0.15) is 4.99 Å². The Kier molecular flexibility index (Phi) is 4.26. The normalized spacial score (nSPS) is 17.2. The van der Waals surface area contributed by atoms with Gasteiger partial charge >= 0.3 is 0 Å². The van der Waals surface area contributed by atoms with Crippen LogP contribution in [0.2, 0.25) is 0 Å². The standard InChI is InChI=1S/C16H22N2O2/c1-12-13(10-18(2)3)15(20)7-6-14(12)16(17-11-19)8-4-5-9-16/h6-7,20H,4-5,8-10H2,1-3H3. The second kappa shape index (κ2) is 5.78. The Morgan fingerprint density at radius 1 is 1.35 bits per heavy atom. The molecule has 4 nitrogen and oxygen atoms in total. The second-order valence-electron chi connectivity index (χ2n) is 5.92. The SMILES string of the molecule is Cc1c(C2(N=C=O)CCCC2)ccc(O)c1CN(C)C. The third-order valence-electron chi connectivity index (χ3n) is 4.24. The summed E-state index contributed by atoms with van der Waals surface area (Å²) in [5.41, 5.74) is 2.59. The number of aromatic hydroxyl groups is 1. The molecule has 0 bridgehead atoms. The predicted octanol–water partition coefficient (Wildman–Crippen LogP) is 2.87. The van der Waals surface area contributed by atoms with Crippen molar-refractivity contribution in [2.75, 3.05) is 14.1 Å². The van der Waals surface area contributed by atoms with Crippen LogP contribution in [0.15, 0.2) is 17.1 Å². The zero-order valence-electron chi connectivity index (χ0n) is 12.4. The Hall–Kier alpha value is -1.64. The van der Waals surface area contributed by atoms with Crippen molar-refractivity contribution in [3.63, 3.8) is 0 Å². The summed E-state index contributed by atoms with van der Waals surface area (Å²) >= 11 is 0. The van der Waals surface area contributed by atoms with Crippen molar-refractivity contribution in [3.05, 3.63) is 28.8 Å². The van der Waals surface area contributed by atoms with Crippen LogP contribution in [0.3, 0.4) is 0 Å². The average molecular weight is 274 g/mol. The molecule has 0 aliphatic heterocycles. The third-order valence-corrected chi connectivity index (χ3v) is 4.24. The molecule has 20 heavy (non-hydrogen) atoms. The first-order valence-electron chi connectivity index (χ1n) is 7.06. The molecule has 1 aromatic carbocycles. The van der Waals surface area contributed by atoms with Crippen LogP contribution in [0.5, 0.6) is 5.75 Å². The fourth-order valence-electron chi connectivity index (χ4n) is 3.25. The molecule has 1 aromatic rings. The molecule has 0 atom stereocenters. The summed E-state index contributed by atoms with van der Waals surface area (Å²) in [6.07, 6.45) is 5.68. The maximum atomic E-state index is 10.8. The van der Waals surface area contributed by atoms with Crippen molar-refractivity contribution >= 4 is 6.08 Å². The van der Waals surface area contributed by atoms with Crippen molar-refractivity contribution < 1.29 is 9.90 Å². The number of nitrogens with zero attached hydrogens (tertiary/aromatic N) is 2. The Balaban J connectivity index is 2.54. The second-order valence-corrected chi connectivity index (χ2v) is 5.92. The number of carbonyl (C=O) groups excluding carboxylic acids is 1. The van der Waals surface area contributed by atoms with Crippen molar-refractivity contribution in [2.24, 2.45) is 4.99 Å². The van der Waals surface area contributed by atoms with Gasteiger partial charge in [-0.25, -0.2) is 4.79 Å². The minimum atomic E-state index is -0.430. The topological polar surface area (TPSA) is 52.9 Å². The van der Waals surface area contributed by atoms with Crippen LogP contribution in [-0.2, 0) is 16.9 Å². The molecule has 4 heteroatoms. The third kappa shape index (κ3) is 2.62. The summed E-state index contributed by atoms with van der Waals surface area (Å²) in [6, 6.07) is 3.64. The minimum Gasteiger partial charge on any atom is -0.508 e. The zero-order valence-corrected chi connectivity index (χ0v) is 12.4. The molecule has 0 saturated heterocycles. The van der Waals surface area contributed by atoms with Gasteiger partial charge in [-0.1, -0.05) is 18.9 Å². The molecular weight excluding hydrogens is 252 g/mol. The lowest BCUT2D eigenvalue weighted by atomic mass is 9.84. The van der Waals surface area contributed by atoms with E-state index in [4.69, 9.17) is 0 Å². The number of isocyanates is 1. The smallest absolute Gasteiger partial charge is 0.235 e. The average Bonchev–Trinajstić information content (AvgIpc) is 2.84. The summed E-state index contributed by atoms with van der Waals surface area (Å²) in [6.45, 7) is 2.68. The molecule has 0 heterocycles. The van der Waals surface area contributed by atoms with E-state index in [-0.39, 0.29) is 0 Å². The van der Waals surface area contributed by atoms with Gasteiger partial charge in [0.2, 0.25) is 6.08 Å². The highest BCUT2D eigenvalue weighted by atomic mass is 16.3. The van der Waals surface area contributed by atoms with Crippen LogP contribution < -0.4 is 0 Å². The summed E-state index contributed by atoms with van der Waals surface area (Å²) in [4.78, 5) is 17.0. The summed E-state index contributed by atoms with van der Waals surface area (Å²) in [5, 5.41) is 10.1. The van der Waals surface area contributed by atoms with Gasteiger partial charge in [-0.3, -0.25) is 0 Å². The fourth-order valence-corrected chi connectivity index (χ4v) is 3.25. The first kappa shape index (κ1) is 14.8. The number of hydrogen-bond acceptors (Lipinski definition) is 4. The Labute approximate surface area is 120 Å². The lowest BCUT2D eigenvalue weighted by Gasteiger charge is -2.27. The van der Waals surface area contributed by atoms with E-state index >= 15 is 0 Å². The monoisotopic (exact) mass is 274 g/mol. The lowest BCUT2D eigenvalue weighted by Crippen LogP contribution is -2.22. The molecular formula is C16H22N2O2. The quantitative estimate of drug-likeness (QED) is 0.678. The van der Waals surface area contributed by atoms with E-state index in [1.807, 2.05) is 32.0 Å². The van der Waals surface area contributed by atoms with Crippen LogP contribution in [0, 0.1) is 6.92 Å². The van der Waals surface area contributed by atoms with Crippen molar-refractivity contribution in [1.82, 2.24) is 4.90 Å². The molecule has 108 valence electrons. The van der Waals surface area contributed by atoms with Gasteiger partial charge in [-0.05, 0) is 51.1 Å². The molecule has 1 aliphatic carbocycles. The Bertz CT molecular complexity index is 540. The molecule has 1 saturated carbocycles. The first-order valence-corrected chi connectivity index (χ1v) is 7.06. The highest BCUT2D eigenvalue weighted by Gasteiger charge is 2.37. The molecule has 0 spiro atoms. The van der Waals surface area contributed by atoms with Gasteiger partial charge in [-0.15, -0.1) is 0 Å². The number of aliphatic imine (C=N–C) groups is 1. The van der Waals surface area contributed by atoms with E-state index < -0.39 is 5.54 Å². The lowest BCUT2D eigenvalue weighted by molar-refractivity contribution is 0.382. The molecule has 0 amide bonds. The summed E-state index contributed by atoms with van der Waals surface area (Å²) in [5.74, 6) is 0.308. The number of hydrogen-bond donors (Lipinski definition) is 1. The molecule has 0 radical (unpaired) electrons. The van der Waals surface area contributed by atoms with E-state index in [2.05, 4.69) is 4.99 Å². The first-order chi connectivity index (χ1) is 9.50. The molecule has 1 fully saturated rings. The number of benzene rings is 1. The van der Waals surface area contributed by atoms with E-state index in [0.29, 0.717) is 12.3 Å². The minimum absolute atomic E-state index is 0.308. The van der Waals surface area contributed by atoms with Gasteiger partial charge in [0.05, 0.1) is 5.54 Å². The van der Waals surface area contributed by atoms with Crippen LogP contribution in [-0.4, -0.2) is 30.2 Å². The van der Waals surface area contributed by atoms with Crippen molar-refractivity contribution in [2.45, 2.75) is 44.7 Å². The molecule has 1 aliphatic rings. The van der Waals surface area contributed by atoms with Crippen LogP contribution in [0.1, 0.15) is 42.4 Å². The maximum absolute atomic E-state index is 10.8. The fraction of sp³-hybridized carbons (Fsp3) is 0.562. The van der Waals surface area contributed by atoms with Gasteiger partial charge < -0.3 is 10.0 Å². The number of rotatable bonds is 4. The van der Waals surface area contributed by atoms with Crippen LogP contribution in [0.25, 0.3) is 0 Å². The predicted molar refractivity (Wildman–Crippen MR) is 78.5 cm³/mol. The van der Waals surface area contributed by atoms with E-state index in [0.717, 1.165) is 42.4 Å². The molecule has 0 unspecified atom stereocenters. The molecule has 1 N–H and O–H groups in total. The van der Waals surface area contributed by atoms with E-state index in [9.17, 15) is 9.90 Å². The van der Waals surface area contributed by atoms with Gasteiger partial charge in [0.1, 0.15) is 5.75 Å². The maximum Gasteiger partial charge on any atom is 0.235 e. The number of phenolic OH excluding ortho intramolecular Hbond substituents is 1. The molecule has 2 rings (SSSR count). The Morgan fingerprint density at radius 2 is 2.00 bits per heavy atom. The number of phenols is 1. The van der Waals surface area contributed by atoms with Crippen LogP contribution in [0.4, 0.5) is 0 Å². The van der Waals surface area contributed by atoms with Gasteiger partial charge in [0.25, 0.3) is 0 Å². The van der Waals surface area contributed by atoms with Gasteiger partial charge in [0.15, 0.2) is 0 Å². The Morgan fingerprint density at radius 3 is 2.55 bits per heavy atom. The van der Waals surface area contributed by atoms with Crippen molar-refractivity contribution in [3.8, 4) is 5.75 Å². The molecule has 0 aromatic heterocycles. The van der Waals surface area contributed by atoms with Crippen molar-refractivity contribution in [1.29, 1.82) is 0 Å². The van der Waals surface area contributed by atoms with E-state index in [1.165, 1.54) is 0 Å². The largest absolute Gasteiger partial charge is 0.508 e. The van der Waals surface area contributed by atoms with Crippen LogP contribution >= 0.6 is 0 Å².